The number of nitrogens with two attached hydrogens (primary N) is 1. The lowest BCUT2D eigenvalue weighted by Gasteiger charge is -2.30. The molecule has 1 heterocycles. The number of aromatic nitrogens is 2. The Morgan fingerprint density at radius 2 is 1.75 bits per heavy atom. The van der Waals surface area contributed by atoms with E-state index in [1.54, 1.807) is 0 Å². The van der Waals surface area contributed by atoms with Crippen LogP contribution in [0.15, 0.2) is 47.4 Å². The van der Waals surface area contributed by atoms with Crippen molar-refractivity contribution in [1.82, 2.24) is 9.97 Å². The quantitative estimate of drug-likeness (QED) is 0.465. The van der Waals surface area contributed by atoms with Crippen LogP contribution in [0.2, 0.25) is 0 Å². The predicted molar refractivity (Wildman–Crippen MR) is 132 cm³/mol. The van der Waals surface area contributed by atoms with Crippen LogP contribution in [-0.4, -0.2) is 45.4 Å². The molecule has 0 saturated heterocycles. The van der Waals surface area contributed by atoms with Crippen LogP contribution < -0.4 is 20.1 Å². The van der Waals surface area contributed by atoms with Crippen LogP contribution in [0, 0.1) is 5.92 Å². The minimum atomic E-state index is -5.04. The normalized spacial score (nSPS) is 18.7. The lowest BCUT2D eigenvalue weighted by Crippen LogP contribution is -2.25. The molecule has 4 rings (SSSR count). The van der Waals surface area contributed by atoms with Crippen molar-refractivity contribution in [2.75, 3.05) is 30.9 Å². The fourth-order valence-corrected chi connectivity index (χ4v) is 5.38. The molecule has 0 aliphatic heterocycles. The maximum atomic E-state index is 13.1. The maximum absolute atomic E-state index is 13.1. The van der Waals surface area contributed by atoms with Gasteiger partial charge in [-0.1, -0.05) is 24.3 Å². The number of alkyl halides is 3. The Kier molecular flexibility index (Phi) is 7.28. The molecule has 0 amide bonds. The van der Waals surface area contributed by atoms with E-state index < -0.39 is 27.0 Å². The molecule has 12 heteroatoms. The highest BCUT2D eigenvalue weighted by atomic mass is 32.2. The third-order valence-electron chi connectivity index (χ3n) is 6.38. The molecule has 1 aromatic heterocycles. The fraction of sp³-hybridized carbons (Fsp3) is 0.417. The van der Waals surface area contributed by atoms with Crippen LogP contribution in [-0.2, 0) is 10.0 Å². The van der Waals surface area contributed by atoms with Crippen molar-refractivity contribution >= 4 is 32.7 Å². The van der Waals surface area contributed by atoms with Crippen molar-refractivity contribution < 1.29 is 26.3 Å². The first kappa shape index (κ1) is 26.0. The van der Waals surface area contributed by atoms with Gasteiger partial charge < -0.3 is 15.0 Å². The zero-order valence-electron chi connectivity index (χ0n) is 19.9. The zero-order valence-corrected chi connectivity index (χ0v) is 20.7. The van der Waals surface area contributed by atoms with Gasteiger partial charge in [0.1, 0.15) is 10.7 Å². The summed E-state index contributed by atoms with van der Waals surface area (Å²) in [4.78, 5) is 10.5. The SMILES string of the molecule is CN(C)c1nc(NCC2CCC(c3cccc(S(N)(=O)=O)c3OC(F)(F)F)CC2)nc2ccccc12. The summed E-state index contributed by atoms with van der Waals surface area (Å²) < 4.78 is 67.2. The second-order valence-corrected chi connectivity index (χ2v) is 10.7. The number of sulfonamides is 1. The topological polar surface area (TPSA) is 110 Å². The van der Waals surface area contributed by atoms with Crippen LogP contribution in [0.3, 0.4) is 0 Å². The summed E-state index contributed by atoms with van der Waals surface area (Å²) in [6, 6.07) is 11.7. The number of ether oxygens (including phenoxy) is 1. The van der Waals surface area contributed by atoms with Crippen molar-refractivity contribution in [3.8, 4) is 5.75 Å². The standard InChI is InChI=1S/C24H28F3N5O3S/c1-32(2)22-18-6-3-4-8-19(18)30-23(31-22)29-14-15-10-12-16(13-11-15)17-7-5-9-20(36(28,33)34)21(17)35-24(25,26)27/h3-9,15-16H,10-14H2,1-2H3,(H2,28,33,34)(H,29,30,31). The van der Waals surface area contributed by atoms with Crippen LogP contribution in [0.1, 0.15) is 37.2 Å². The number of primary sulfonamides is 1. The predicted octanol–water partition coefficient (Wildman–Crippen LogP) is 4.63. The zero-order chi connectivity index (χ0) is 26.1. The number of nitrogens with zero attached hydrogens (tertiary/aromatic N) is 3. The van der Waals surface area contributed by atoms with Crippen molar-refractivity contribution in [3.63, 3.8) is 0 Å². The Hall–Kier alpha value is -3.12. The van der Waals surface area contributed by atoms with Gasteiger partial charge in [0.25, 0.3) is 0 Å². The maximum Gasteiger partial charge on any atom is 0.573 e. The van der Waals surface area contributed by atoms with E-state index in [2.05, 4.69) is 20.0 Å². The largest absolute Gasteiger partial charge is 0.573 e. The van der Waals surface area contributed by atoms with E-state index in [0.717, 1.165) is 35.6 Å². The van der Waals surface area contributed by atoms with E-state index in [9.17, 15) is 21.6 Å². The molecule has 36 heavy (non-hydrogen) atoms. The summed E-state index contributed by atoms with van der Waals surface area (Å²) in [7, 11) is -0.559. The van der Waals surface area contributed by atoms with E-state index in [1.807, 2.05) is 43.3 Å². The second kappa shape index (κ2) is 10.1. The van der Waals surface area contributed by atoms with E-state index in [0.29, 0.717) is 25.3 Å². The summed E-state index contributed by atoms with van der Waals surface area (Å²) in [5.74, 6) is 0.569. The van der Waals surface area contributed by atoms with Gasteiger partial charge in [-0.25, -0.2) is 18.5 Å². The molecule has 194 valence electrons. The third-order valence-corrected chi connectivity index (χ3v) is 7.31. The number of fused-ring (bicyclic) bond motifs is 1. The lowest BCUT2D eigenvalue weighted by molar-refractivity contribution is -0.275. The molecule has 2 aromatic carbocycles. The summed E-state index contributed by atoms with van der Waals surface area (Å²) >= 11 is 0. The van der Waals surface area contributed by atoms with Crippen LogP contribution >= 0.6 is 0 Å². The number of halogens is 3. The summed E-state index contributed by atoms with van der Waals surface area (Å²) in [6.45, 7) is 0.612. The molecule has 0 bridgehead atoms. The van der Waals surface area contributed by atoms with Crippen LogP contribution in [0.25, 0.3) is 10.9 Å². The first-order valence-electron chi connectivity index (χ1n) is 11.5. The van der Waals surface area contributed by atoms with Crippen LogP contribution in [0.5, 0.6) is 5.75 Å². The number of nitrogens with one attached hydrogen (secondary N) is 1. The average molecular weight is 524 g/mol. The van der Waals surface area contributed by atoms with Gasteiger partial charge in [0.2, 0.25) is 16.0 Å². The van der Waals surface area contributed by atoms with Gasteiger partial charge in [-0.05, 0) is 61.3 Å². The minimum Gasteiger partial charge on any atom is -0.404 e. The highest BCUT2D eigenvalue weighted by molar-refractivity contribution is 7.89. The van der Waals surface area contributed by atoms with Gasteiger partial charge in [-0.15, -0.1) is 13.2 Å². The molecule has 0 atom stereocenters. The Bertz CT molecular complexity index is 1340. The molecule has 1 saturated carbocycles. The van der Waals surface area contributed by atoms with E-state index in [-0.39, 0.29) is 17.4 Å². The van der Waals surface area contributed by atoms with Gasteiger partial charge in [-0.2, -0.15) is 4.98 Å². The number of hydrogen-bond donors (Lipinski definition) is 2. The second-order valence-electron chi connectivity index (χ2n) is 9.15. The molecule has 0 unspecified atom stereocenters. The number of benzene rings is 2. The summed E-state index contributed by atoms with van der Waals surface area (Å²) in [5.41, 5.74) is 1.04. The lowest BCUT2D eigenvalue weighted by atomic mass is 9.78. The summed E-state index contributed by atoms with van der Waals surface area (Å²) in [6.07, 6.45) is -2.41. The van der Waals surface area contributed by atoms with Gasteiger partial charge in [0, 0.05) is 26.0 Å². The molecule has 3 aromatic rings. The molecule has 0 spiro atoms. The fourth-order valence-electron chi connectivity index (χ4n) is 4.70. The van der Waals surface area contributed by atoms with Gasteiger partial charge >= 0.3 is 6.36 Å². The minimum absolute atomic E-state index is 0.207. The number of hydrogen-bond acceptors (Lipinski definition) is 7. The molecule has 1 aliphatic rings. The molecule has 8 nitrogen and oxygen atoms in total. The summed E-state index contributed by atoms with van der Waals surface area (Å²) in [5, 5.41) is 9.42. The Morgan fingerprint density at radius 3 is 2.39 bits per heavy atom. The smallest absolute Gasteiger partial charge is 0.404 e. The molecule has 3 N–H and O–H groups in total. The van der Waals surface area contributed by atoms with Gasteiger partial charge in [-0.3, -0.25) is 0 Å². The van der Waals surface area contributed by atoms with Crippen LogP contribution in [0.4, 0.5) is 24.9 Å². The number of para-hydroxylation sites is 2. The van der Waals surface area contributed by atoms with Crippen molar-refractivity contribution in [2.24, 2.45) is 11.1 Å². The van der Waals surface area contributed by atoms with Gasteiger partial charge in [0.05, 0.1) is 5.52 Å². The molecular formula is C24H28F3N5O3S. The van der Waals surface area contributed by atoms with Gasteiger partial charge in [0.15, 0.2) is 5.75 Å². The molecule has 1 fully saturated rings. The van der Waals surface area contributed by atoms with Crippen molar-refractivity contribution in [3.05, 3.63) is 48.0 Å². The molecule has 1 aliphatic carbocycles. The van der Waals surface area contributed by atoms with E-state index >= 15 is 0 Å². The van der Waals surface area contributed by atoms with Crippen molar-refractivity contribution in [1.29, 1.82) is 0 Å². The monoisotopic (exact) mass is 523 g/mol. The van der Waals surface area contributed by atoms with E-state index in [1.165, 1.54) is 12.1 Å². The third kappa shape index (κ3) is 5.98. The first-order valence-corrected chi connectivity index (χ1v) is 13.1. The molecular weight excluding hydrogens is 495 g/mol. The Labute approximate surface area is 207 Å². The first-order chi connectivity index (χ1) is 16.9. The highest BCUT2D eigenvalue weighted by Crippen LogP contribution is 2.43. The Morgan fingerprint density at radius 1 is 1.06 bits per heavy atom. The highest BCUT2D eigenvalue weighted by Gasteiger charge is 2.36. The van der Waals surface area contributed by atoms with E-state index in [4.69, 9.17) is 5.14 Å². The number of rotatable bonds is 7. The molecule has 0 radical (unpaired) electrons. The average Bonchev–Trinajstić information content (AvgIpc) is 2.81. The Balaban J connectivity index is 1.46. The van der Waals surface area contributed by atoms with Crippen molar-refractivity contribution in [2.45, 2.75) is 42.9 Å². The number of anilines is 2.